The van der Waals surface area contributed by atoms with Crippen LogP contribution in [0.5, 0.6) is 0 Å². The molecule has 0 aromatic carbocycles. The van der Waals surface area contributed by atoms with Gasteiger partial charge in [-0.3, -0.25) is 0 Å². The molecule has 0 saturated heterocycles. The van der Waals surface area contributed by atoms with Crippen molar-refractivity contribution < 1.29 is 4.74 Å². The molecule has 1 unspecified atom stereocenters. The minimum absolute atomic E-state index is 0.134. The Bertz CT molecular complexity index is 139. The second-order valence-electron chi connectivity index (χ2n) is 4.07. The average molecular weight is 206 g/mol. The third-order valence-electron chi connectivity index (χ3n) is 2.65. The first-order valence-corrected chi connectivity index (χ1v) is 5.47. The second kappa shape index (κ2) is 5.84. The highest BCUT2D eigenvalue weighted by Gasteiger charge is 2.19. The molecule has 2 nitrogen and oxygen atoms in total. The van der Waals surface area contributed by atoms with Gasteiger partial charge in [0.25, 0.3) is 0 Å². The van der Waals surface area contributed by atoms with Crippen molar-refractivity contribution >= 4 is 11.6 Å². The standard InChI is InChI=1S/C10H20ClNO/c1-12(6-9-4-3-5-9)7-10(11)8-13-2/h9-10H,3-8H2,1-2H3. The lowest BCUT2D eigenvalue weighted by molar-refractivity contribution is 0.164. The molecule has 0 spiro atoms. The molecule has 1 fully saturated rings. The van der Waals surface area contributed by atoms with E-state index in [1.807, 2.05) is 0 Å². The zero-order chi connectivity index (χ0) is 9.68. The van der Waals surface area contributed by atoms with Crippen molar-refractivity contribution in [2.24, 2.45) is 5.92 Å². The average Bonchev–Trinajstić information content (AvgIpc) is 1.97. The van der Waals surface area contributed by atoms with E-state index >= 15 is 0 Å². The summed E-state index contributed by atoms with van der Waals surface area (Å²) in [5.41, 5.74) is 0. The van der Waals surface area contributed by atoms with E-state index in [1.165, 1.54) is 25.8 Å². The highest BCUT2D eigenvalue weighted by Crippen LogP contribution is 2.26. The summed E-state index contributed by atoms with van der Waals surface area (Å²) in [5, 5.41) is 0.134. The lowest BCUT2D eigenvalue weighted by Gasteiger charge is -2.30. The molecule has 1 aliphatic carbocycles. The molecule has 0 bridgehead atoms. The normalized spacial score (nSPS) is 20.3. The summed E-state index contributed by atoms with van der Waals surface area (Å²) in [6, 6.07) is 0. The predicted molar refractivity (Wildman–Crippen MR) is 56.4 cm³/mol. The smallest absolute Gasteiger partial charge is 0.0696 e. The molecule has 78 valence electrons. The summed E-state index contributed by atoms with van der Waals surface area (Å²) in [4.78, 5) is 2.32. The summed E-state index contributed by atoms with van der Waals surface area (Å²) in [6.07, 6.45) is 4.23. The monoisotopic (exact) mass is 205 g/mol. The number of hydrogen-bond acceptors (Lipinski definition) is 2. The van der Waals surface area contributed by atoms with Crippen LogP contribution in [0, 0.1) is 5.92 Å². The lowest BCUT2D eigenvalue weighted by Crippen LogP contribution is -2.34. The van der Waals surface area contributed by atoms with Gasteiger partial charge in [0, 0.05) is 20.2 Å². The molecule has 0 aromatic heterocycles. The van der Waals surface area contributed by atoms with E-state index in [-0.39, 0.29) is 5.38 Å². The van der Waals surface area contributed by atoms with Gasteiger partial charge >= 0.3 is 0 Å². The fourth-order valence-electron chi connectivity index (χ4n) is 1.76. The number of ether oxygens (including phenoxy) is 1. The fraction of sp³-hybridized carbons (Fsp3) is 1.00. The van der Waals surface area contributed by atoms with Crippen LogP contribution in [0.1, 0.15) is 19.3 Å². The summed E-state index contributed by atoms with van der Waals surface area (Å²) >= 11 is 6.05. The van der Waals surface area contributed by atoms with Gasteiger partial charge in [0.15, 0.2) is 0 Å². The third kappa shape index (κ3) is 4.30. The summed E-state index contributed by atoms with van der Waals surface area (Å²) in [5.74, 6) is 0.927. The van der Waals surface area contributed by atoms with Crippen molar-refractivity contribution in [2.75, 3.05) is 33.9 Å². The fourth-order valence-corrected chi connectivity index (χ4v) is 2.12. The lowest BCUT2D eigenvalue weighted by atomic mass is 9.85. The first kappa shape index (κ1) is 11.3. The number of halogens is 1. The summed E-state index contributed by atoms with van der Waals surface area (Å²) < 4.78 is 4.99. The van der Waals surface area contributed by atoms with Crippen molar-refractivity contribution in [3.8, 4) is 0 Å². The van der Waals surface area contributed by atoms with Gasteiger partial charge in [0.1, 0.15) is 0 Å². The van der Waals surface area contributed by atoms with Crippen LogP contribution < -0.4 is 0 Å². The highest BCUT2D eigenvalue weighted by molar-refractivity contribution is 6.20. The Morgan fingerprint density at radius 2 is 2.23 bits per heavy atom. The number of alkyl halides is 1. The van der Waals surface area contributed by atoms with E-state index in [0.717, 1.165) is 12.5 Å². The van der Waals surface area contributed by atoms with Crippen LogP contribution >= 0.6 is 11.6 Å². The van der Waals surface area contributed by atoms with E-state index < -0.39 is 0 Å². The maximum Gasteiger partial charge on any atom is 0.0696 e. The molecule has 0 aromatic rings. The van der Waals surface area contributed by atoms with Gasteiger partial charge < -0.3 is 9.64 Å². The van der Waals surface area contributed by atoms with Gasteiger partial charge in [0.2, 0.25) is 0 Å². The van der Waals surface area contributed by atoms with E-state index in [9.17, 15) is 0 Å². The molecular formula is C10H20ClNO. The maximum atomic E-state index is 6.05. The number of hydrogen-bond donors (Lipinski definition) is 0. The quantitative estimate of drug-likeness (QED) is 0.615. The van der Waals surface area contributed by atoms with Gasteiger partial charge in [-0.15, -0.1) is 11.6 Å². The molecule has 3 heteroatoms. The van der Waals surface area contributed by atoms with Gasteiger partial charge in [-0.25, -0.2) is 0 Å². The topological polar surface area (TPSA) is 12.5 Å². The van der Waals surface area contributed by atoms with E-state index in [1.54, 1.807) is 7.11 Å². The molecule has 0 N–H and O–H groups in total. The summed E-state index contributed by atoms with van der Waals surface area (Å²) in [7, 11) is 3.84. The number of methoxy groups -OCH3 is 1. The van der Waals surface area contributed by atoms with Crippen LogP contribution in [-0.2, 0) is 4.74 Å². The minimum Gasteiger partial charge on any atom is -0.383 e. The largest absolute Gasteiger partial charge is 0.383 e. The van der Waals surface area contributed by atoms with Crippen molar-refractivity contribution in [3.63, 3.8) is 0 Å². The Hall–Kier alpha value is 0.210. The SMILES string of the molecule is COCC(Cl)CN(C)CC1CCC1. The Balaban J connectivity index is 2.04. The first-order valence-electron chi connectivity index (χ1n) is 5.04. The Kier molecular flexibility index (Phi) is 5.07. The van der Waals surface area contributed by atoms with Crippen molar-refractivity contribution in [1.82, 2.24) is 4.90 Å². The van der Waals surface area contributed by atoms with Crippen LogP contribution in [0.25, 0.3) is 0 Å². The van der Waals surface area contributed by atoms with Gasteiger partial charge in [-0.2, -0.15) is 0 Å². The van der Waals surface area contributed by atoms with Gasteiger partial charge in [-0.1, -0.05) is 6.42 Å². The molecule has 1 rings (SSSR count). The highest BCUT2D eigenvalue weighted by atomic mass is 35.5. The van der Waals surface area contributed by atoms with Gasteiger partial charge in [0.05, 0.1) is 12.0 Å². The molecule has 1 aliphatic rings. The van der Waals surface area contributed by atoms with Crippen LogP contribution in [0.3, 0.4) is 0 Å². The van der Waals surface area contributed by atoms with Gasteiger partial charge in [-0.05, 0) is 25.8 Å². The van der Waals surface area contributed by atoms with E-state index in [4.69, 9.17) is 16.3 Å². The molecular weight excluding hydrogens is 186 g/mol. The molecule has 1 atom stereocenters. The molecule has 0 amide bonds. The summed E-state index contributed by atoms with van der Waals surface area (Å²) in [6.45, 7) is 2.79. The van der Waals surface area contributed by atoms with Crippen molar-refractivity contribution in [2.45, 2.75) is 24.6 Å². The molecule has 1 saturated carbocycles. The zero-order valence-electron chi connectivity index (χ0n) is 8.63. The number of nitrogens with zero attached hydrogens (tertiary/aromatic N) is 1. The minimum atomic E-state index is 0.134. The molecule has 0 aliphatic heterocycles. The van der Waals surface area contributed by atoms with E-state index in [2.05, 4.69) is 11.9 Å². The predicted octanol–water partition coefficient (Wildman–Crippen LogP) is 1.97. The zero-order valence-corrected chi connectivity index (χ0v) is 9.39. The molecule has 13 heavy (non-hydrogen) atoms. The Morgan fingerprint density at radius 3 is 2.69 bits per heavy atom. The van der Waals surface area contributed by atoms with Crippen LogP contribution in [0.15, 0.2) is 0 Å². The Morgan fingerprint density at radius 1 is 1.54 bits per heavy atom. The molecule has 0 radical (unpaired) electrons. The second-order valence-corrected chi connectivity index (χ2v) is 4.69. The van der Waals surface area contributed by atoms with Crippen LogP contribution in [0.2, 0.25) is 0 Å². The molecule has 0 heterocycles. The third-order valence-corrected chi connectivity index (χ3v) is 2.92. The van der Waals surface area contributed by atoms with Crippen molar-refractivity contribution in [1.29, 1.82) is 0 Å². The number of rotatable bonds is 6. The van der Waals surface area contributed by atoms with Crippen LogP contribution in [-0.4, -0.2) is 44.1 Å². The van der Waals surface area contributed by atoms with Crippen molar-refractivity contribution in [3.05, 3.63) is 0 Å². The maximum absolute atomic E-state index is 6.05. The van der Waals surface area contributed by atoms with Crippen LogP contribution in [0.4, 0.5) is 0 Å². The first-order chi connectivity index (χ1) is 6.22. The Labute approximate surface area is 86.2 Å². The van der Waals surface area contributed by atoms with E-state index in [0.29, 0.717) is 6.61 Å².